The molecule has 106 valence electrons. The number of rotatable bonds is 4. The molecule has 1 aliphatic rings. The van der Waals surface area contributed by atoms with Crippen LogP contribution in [0.15, 0.2) is 24.3 Å². The summed E-state index contributed by atoms with van der Waals surface area (Å²) in [5, 5.41) is 6.31. The molecular formula is C14H22ClN3O. The van der Waals surface area contributed by atoms with E-state index in [0.29, 0.717) is 6.54 Å². The Hall–Kier alpha value is -1.26. The Labute approximate surface area is 121 Å². The van der Waals surface area contributed by atoms with Crippen molar-refractivity contribution in [3.8, 4) is 0 Å². The topological polar surface area (TPSA) is 44.4 Å². The first-order valence-electron chi connectivity index (χ1n) is 6.61. The van der Waals surface area contributed by atoms with Crippen LogP contribution in [0.1, 0.15) is 18.9 Å². The number of hydrogen-bond acceptors (Lipinski definition) is 3. The number of hydrogen-bond donors (Lipinski definition) is 2. The summed E-state index contributed by atoms with van der Waals surface area (Å²) in [6.07, 6.45) is 0.976. The Balaban J connectivity index is 0.00000180. The van der Waals surface area contributed by atoms with Crippen LogP contribution in [0.3, 0.4) is 0 Å². The van der Waals surface area contributed by atoms with Crippen molar-refractivity contribution >= 4 is 24.0 Å². The zero-order valence-corrected chi connectivity index (χ0v) is 12.1. The number of amides is 1. The van der Waals surface area contributed by atoms with Crippen LogP contribution in [-0.2, 0) is 11.3 Å². The molecule has 1 aliphatic heterocycles. The molecule has 0 bridgehead atoms. The maximum atomic E-state index is 11.8. The summed E-state index contributed by atoms with van der Waals surface area (Å²) >= 11 is 0. The standard InChI is InChI=1S/C14H21N3O.ClH/c1-2-7-16-14(18)11-17-9-8-15-10-12-5-3-4-6-13(12)17;/h3-6,15H,2,7-11H2,1H3,(H,16,18);1H. The molecule has 0 aromatic heterocycles. The smallest absolute Gasteiger partial charge is 0.239 e. The lowest BCUT2D eigenvalue weighted by Crippen LogP contribution is -2.39. The summed E-state index contributed by atoms with van der Waals surface area (Å²) in [7, 11) is 0. The van der Waals surface area contributed by atoms with Crippen molar-refractivity contribution in [1.29, 1.82) is 0 Å². The summed E-state index contributed by atoms with van der Waals surface area (Å²) in [6.45, 7) is 5.92. The molecule has 0 atom stereocenters. The molecule has 19 heavy (non-hydrogen) atoms. The van der Waals surface area contributed by atoms with Crippen LogP contribution in [0.5, 0.6) is 0 Å². The van der Waals surface area contributed by atoms with E-state index in [4.69, 9.17) is 0 Å². The van der Waals surface area contributed by atoms with E-state index in [-0.39, 0.29) is 18.3 Å². The molecule has 1 aromatic rings. The van der Waals surface area contributed by atoms with E-state index < -0.39 is 0 Å². The van der Waals surface area contributed by atoms with Gasteiger partial charge in [0.25, 0.3) is 0 Å². The minimum absolute atomic E-state index is 0. The normalized spacial score (nSPS) is 14.1. The maximum Gasteiger partial charge on any atom is 0.239 e. The summed E-state index contributed by atoms with van der Waals surface area (Å²) < 4.78 is 0. The summed E-state index contributed by atoms with van der Waals surface area (Å²) in [4.78, 5) is 14.0. The second kappa shape index (κ2) is 8.02. The Morgan fingerprint density at radius 3 is 3.00 bits per heavy atom. The lowest BCUT2D eigenvalue weighted by molar-refractivity contribution is -0.119. The van der Waals surface area contributed by atoms with Gasteiger partial charge in [-0.2, -0.15) is 0 Å². The molecule has 2 N–H and O–H groups in total. The van der Waals surface area contributed by atoms with Crippen LogP contribution in [0, 0.1) is 0 Å². The maximum absolute atomic E-state index is 11.8. The van der Waals surface area contributed by atoms with E-state index in [1.807, 2.05) is 12.1 Å². The first-order valence-corrected chi connectivity index (χ1v) is 6.61. The quantitative estimate of drug-likeness (QED) is 0.881. The molecule has 1 heterocycles. The van der Waals surface area contributed by atoms with Gasteiger partial charge < -0.3 is 15.5 Å². The van der Waals surface area contributed by atoms with Crippen molar-refractivity contribution in [2.24, 2.45) is 0 Å². The molecule has 0 aliphatic carbocycles. The van der Waals surface area contributed by atoms with Crippen LogP contribution in [0.25, 0.3) is 0 Å². The van der Waals surface area contributed by atoms with Gasteiger partial charge in [-0.3, -0.25) is 4.79 Å². The number of fused-ring (bicyclic) bond motifs is 1. The molecule has 2 rings (SSSR count). The van der Waals surface area contributed by atoms with E-state index >= 15 is 0 Å². The fourth-order valence-corrected chi connectivity index (χ4v) is 2.18. The van der Waals surface area contributed by atoms with Crippen molar-refractivity contribution in [1.82, 2.24) is 10.6 Å². The predicted octanol–water partition coefficient (Wildman–Crippen LogP) is 1.54. The highest BCUT2D eigenvalue weighted by atomic mass is 35.5. The zero-order chi connectivity index (χ0) is 12.8. The largest absolute Gasteiger partial charge is 0.361 e. The molecule has 1 amide bonds. The van der Waals surface area contributed by atoms with Crippen molar-refractivity contribution in [2.75, 3.05) is 31.1 Å². The van der Waals surface area contributed by atoms with Crippen molar-refractivity contribution in [2.45, 2.75) is 19.9 Å². The molecule has 4 nitrogen and oxygen atoms in total. The monoisotopic (exact) mass is 283 g/mol. The van der Waals surface area contributed by atoms with Gasteiger partial charge in [-0.1, -0.05) is 25.1 Å². The van der Waals surface area contributed by atoms with Gasteiger partial charge in [0.1, 0.15) is 0 Å². The van der Waals surface area contributed by atoms with Crippen molar-refractivity contribution in [3.63, 3.8) is 0 Å². The lowest BCUT2D eigenvalue weighted by Gasteiger charge is -2.23. The Morgan fingerprint density at radius 2 is 2.21 bits per heavy atom. The summed E-state index contributed by atoms with van der Waals surface area (Å²) in [6, 6.07) is 8.28. The molecule has 1 aromatic carbocycles. The number of para-hydroxylation sites is 1. The number of halogens is 1. The lowest BCUT2D eigenvalue weighted by atomic mass is 10.1. The minimum Gasteiger partial charge on any atom is -0.361 e. The number of carbonyl (C=O) groups excluding carboxylic acids is 1. The summed E-state index contributed by atoms with van der Waals surface area (Å²) in [5.41, 5.74) is 2.44. The van der Waals surface area contributed by atoms with Gasteiger partial charge in [0.05, 0.1) is 6.54 Å². The predicted molar refractivity (Wildman–Crippen MR) is 80.9 cm³/mol. The first-order chi connectivity index (χ1) is 8.81. The summed E-state index contributed by atoms with van der Waals surface area (Å²) in [5.74, 6) is 0.105. The van der Waals surface area contributed by atoms with Gasteiger partial charge in [0.15, 0.2) is 0 Å². The molecule has 0 saturated carbocycles. The van der Waals surface area contributed by atoms with Crippen LogP contribution < -0.4 is 15.5 Å². The third kappa shape index (κ3) is 4.40. The van der Waals surface area contributed by atoms with E-state index in [1.54, 1.807) is 0 Å². The van der Waals surface area contributed by atoms with Crippen LogP contribution in [-0.4, -0.2) is 32.1 Å². The Bertz CT molecular complexity index is 411. The van der Waals surface area contributed by atoms with E-state index in [9.17, 15) is 4.79 Å². The van der Waals surface area contributed by atoms with E-state index in [1.165, 1.54) is 11.3 Å². The second-order valence-electron chi connectivity index (χ2n) is 4.58. The molecular weight excluding hydrogens is 262 g/mol. The SMILES string of the molecule is CCCNC(=O)CN1CCNCc2ccccc21.Cl. The Kier molecular flexibility index (Phi) is 6.67. The fraction of sp³-hybridized carbons (Fsp3) is 0.500. The minimum atomic E-state index is 0. The van der Waals surface area contributed by atoms with Crippen LogP contribution >= 0.6 is 12.4 Å². The van der Waals surface area contributed by atoms with Gasteiger partial charge >= 0.3 is 0 Å². The van der Waals surface area contributed by atoms with E-state index in [2.05, 4.69) is 34.6 Å². The fourth-order valence-electron chi connectivity index (χ4n) is 2.18. The number of nitrogens with one attached hydrogen (secondary N) is 2. The van der Waals surface area contributed by atoms with Gasteiger partial charge in [-0.25, -0.2) is 0 Å². The van der Waals surface area contributed by atoms with E-state index in [0.717, 1.165) is 32.6 Å². The molecule has 5 heteroatoms. The van der Waals surface area contributed by atoms with Crippen molar-refractivity contribution in [3.05, 3.63) is 29.8 Å². The number of anilines is 1. The highest BCUT2D eigenvalue weighted by molar-refractivity contribution is 5.85. The third-order valence-corrected chi connectivity index (χ3v) is 3.11. The molecule has 0 spiro atoms. The highest BCUT2D eigenvalue weighted by Crippen LogP contribution is 2.21. The van der Waals surface area contributed by atoms with Crippen LogP contribution in [0.2, 0.25) is 0 Å². The third-order valence-electron chi connectivity index (χ3n) is 3.11. The van der Waals surface area contributed by atoms with Crippen molar-refractivity contribution < 1.29 is 4.79 Å². The first kappa shape index (κ1) is 15.8. The molecule has 0 saturated heterocycles. The zero-order valence-electron chi connectivity index (χ0n) is 11.3. The van der Waals surface area contributed by atoms with Gasteiger partial charge in [0.2, 0.25) is 5.91 Å². The molecule has 0 radical (unpaired) electrons. The molecule has 0 unspecified atom stereocenters. The van der Waals surface area contributed by atoms with Crippen LogP contribution in [0.4, 0.5) is 5.69 Å². The second-order valence-corrected chi connectivity index (χ2v) is 4.58. The number of nitrogens with zero attached hydrogens (tertiary/aromatic N) is 1. The average Bonchev–Trinajstić information content (AvgIpc) is 2.59. The molecule has 0 fully saturated rings. The average molecular weight is 284 g/mol. The highest BCUT2D eigenvalue weighted by Gasteiger charge is 2.16. The number of benzene rings is 1. The number of carbonyl (C=O) groups is 1. The van der Waals surface area contributed by atoms with Gasteiger partial charge in [-0.05, 0) is 18.1 Å². The Morgan fingerprint density at radius 1 is 1.42 bits per heavy atom. The van der Waals surface area contributed by atoms with Gasteiger partial charge in [0, 0.05) is 31.9 Å². The van der Waals surface area contributed by atoms with Gasteiger partial charge in [-0.15, -0.1) is 12.4 Å².